The standard InChI is InChI=1S/C18H25NO/c1-4-7-13-18(6-3,14-8-5-2)20-17-11-9-16(15-19)10-12-17/h6,9-12H,3-5,7-8,13-14H2,1-2H3. The molecule has 0 heterocycles. The first-order valence-corrected chi connectivity index (χ1v) is 7.52. The number of unbranched alkanes of at least 4 members (excludes halogenated alkanes) is 2. The van der Waals surface area contributed by atoms with Gasteiger partial charge in [-0.15, -0.1) is 0 Å². The van der Waals surface area contributed by atoms with Crippen LogP contribution in [-0.4, -0.2) is 5.60 Å². The zero-order valence-corrected chi connectivity index (χ0v) is 12.7. The van der Waals surface area contributed by atoms with Crippen LogP contribution in [-0.2, 0) is 0 Å². The summed E-state index contributed by atoms with van der Waals surface area (Å²) in [6.45, 7) is 8.37. The second-order valence-corrected chi connectivity index (χ2v) is 5.21. The van der Waals surface area contributed by atoms with Crippen molar-refractivity contribution in [2.24, 2.45) is 0 Å². The van der Waals surface area contributed by atoms with Gasteiger partial charge in [0.1, 0.15) is 11.4 Å². The number of benzene rings is 1. The summed E-state index contributed by atoms with van der Waals surface area (Å²) >= 11 is 0. The predicted molar refractivity (Wildman–Crippen MR) is 83.8 cm³/mol. The molecule has 0 aliphatic carbocycles. The number of nitriles is 1. The van der Waals surface area contributed by atoms with E-state index >= 15 is 0 Å². The molecule has 2 heteroatoms. The molecule has 0 aliphatic heterocycles. The molecule has 0 radical (unpaired) electrons. The third-order valence-electron chi connectivity index (χ3n) is 3.58. The van der Waals surface area contributed by atoms with Crippen molar-refractivity contribution in [3.63, 3.8) is 0 Å². The first kappa shape index (κ1) is 16.3. The predicted octanol–water partition coefficient (Wildman–Crippen LogP) is 5.24. The van der Waals surface area contributed by atoms with Crippen LogP contribution in [0.2, 0.25) is 0 Å². The van der Waals surface area contributed by atoms with Gasteiger partial charge in [-0.05, 0) is 56.0 Å². The average molecular weight is 271 g/mol. The Morgan fingerprint density at radius 1 is 1.15 bits per heavy atom. The maximum absolute atomic E-state index is 8.83. The van der Waals surface area contributed by atoms with Gasteiger partial charge in [-0.3, -0.25) is 0 Å². The quantitative estimate of drug-likeness (QED) is 0.575. The van der Waals surface area contributed by atoms with Crippen LogP contribution in [0.1, 0.15) is 57.9 Å². The summed E-state index contributed by atoms with van der Waals surface area (Å²) in [4.78, 5) is 0. The van der Waals surface area contributed by atoms with E-state index < -0.39 is 0 Å². The van der Waals surface area contributed by atoms with Gasteiger partial charge < -0.3 is 4.74 Å². The van der Waals surface area contributed by atoms with Gasteiger partial charge in [-0.1, -0.05) is 33.3 Å². The van der Waals surface area contributed by atoms with Crippen molar-refractivity contribution >= 4 is 0 Å². The Morgan fingerprint density at radius 3 is 2.10 bits per heavy atom. The van der Waals surface area contributed by atoms with Crippen molar-refractivity contribution in [3.8, 4) is 11.8 Å². The molecule has 0 unspecified atom stereocenters. The van der Waals surface area contributed by atoms with E-state index in [-0.39, 0.29) is 5.60 Å². The van der Waals surface area contributed by atoms with E-state index in [1.807, 2.05) is 18.2 Å². The minimum absolute atomic E-state index is 0.278. The molecule has 0 aliphatic rings. The molecule has 0 bridgehead atoms. The van der Waals surface area contributed by atoms with Gasteiger partial charge in [0.2, 0.25) is 0 Å². The number of hydrogen-bond donors (Lipinski definition) is 0. The lowest BCUT2D eigenvalue weighted by atomic mass is 9.90. The van der Waals surface area contributed by atoms with Gasteiger partial charge >= 0.3 is 0 Å². The highest BCUT2D eigenvalue weighted by Gasteiger charge is 2.27. The maximum atomic E-state index is 8.83. The van der Waals surface area contributed by atoms with Crippen molar-refractivity contribution in [2.45, 2.75) is 58.0 Å². The lowest BCUT2D eigenvalue weighted by Gasteiger charge is -2.32. The molecule has 0 fully saturated rings. The third kappa shape index (κ3) is 4.74. The highest BCUT2D eigenvalue weighted by molar-refractivity contribution is 5.35. The molecule has 0 atom stereocenters. The Kier molecular flexibility index (Phi) is 6.87. The van der Waals surface area contributed by atoms with E-state index in [9.17, 15) is 0 Å². The molecule has 20 heavy (non-hydrogen) atoms. The van der Waals surface area contributed by atoms with Gasteiger partial charge in [-0.25, -0.2) is 0 Å². The van der Waals surface area contributed by atoms with Crippen molar-refractivity contribution in [1.82, 2.24) is 0 Å². The van der Waals surface area contributed by atoms with Crippen molar-refractivity contribution in [3.05, 3.63) is 42.5 Å². The van der Waals surface area contributed by atoms with Crippen molar-refractivity contribution < 1.29 is 4.74 Å². The molecular weight excluding hydrogens is 246 g/mol. The van der Waals surface area contributed by atoms with E-state index in [1.54, 1.807) is 12.1 Å². The van der Waals surface area contributed by atoms with Crippen LogP contribution in [0.3, 0.4) is 0 Å². The Balaban J connectivity index is 2.85. The number of nitrogens with zero attached hydrogens (tertiary/aromatic N) is 1. The summed E-state index contributed by atoms with van der Waals surface area (Å²) in [5, 5.41) is 8.83. The van der Waals surface area contributed by atoms with E-state index in [2.05, 4.69) is 26.5 Å². The van der Waals surface area contributed by atoms with Gasteiger partial charge in [-0.2, -0.15) is 5.26 Å². The second kappa shape index (κ2) is 8.43. The summed E-state index contributed by atoms with van der Waals surface area (Å²) in [5.41, 5.74) is 0.379. The summed E-state index contributed by atoms with van der Waals surface area (Å²) in [6.07, 6.45) is 8.51. The van der Waals surface area contributed by atoms with Gasteiger partial charge in [0.25, 0.3) is 0 Å². The van der Waals surface area contributed by atoms with Crippen LogP contribution in [0.5, 0.6) is 5.75 Å². The normalized spacial score (nSPS) is 10.8. The monoisotopic (exact) mass is 271 g/mol. The minimum atomic E-state index is -0.278. The fourth-order valence-corrected chi connectivity index (χ4v) is 2.26. The van der Waals surface area contributed by atoms with Crippen LogP contribution >= 0.6 is 0 Å². The Morgan fingerprint density at radius 2 is 1.70 bits per heavy atom. The van der Waals surface area contributed by atoms with Gasteiger partial charge in [0.15, 0.2) is 0 Å². The topological polar surface area (TPSA) is 33.0 Å². The van der Waals surface area contributed by atoms with Crippen LogP contribution < -0.4 is 4.74 Å². The van der Waals surface area contributed by atoms with Crippen LogP contribution in [0, 0.1) is 11.3 Å². The largest absolute Gasteiger partial charge is 0.483 e. The van der Waals surface area contributed by atoms with Gasteiger partial charge in [0, 0.05) is 0 Å². The molecule has 0 saturated heterocycles. The fraction of sp³-hybridized carbons (Fsp3) is 0.500. The van der Waals surface area contributed by atoms with E-state index in [0.717, 1.165) is 44.3 Å². The summed E-state index contributed by atoms with van der Waals surface area (Å²) in [5.74, 6) is 0.816. The Labute approximate surface area is 123 Å². The average Bonchev–Trinajstić information content (AvgIpc) is 2.51. The highest BCUT2D eigenvalue weighted by atomic mass is 16.5. The van der Waals surface area contributed by atoms with E-state index in [1.165, 1.54) is 0 Å². The first-order valence-electron chi connectivity index (χ1n) is 7.52. The zero-order valence-electron chi connectivity index (χ0n) is 12.7. The zero-order chi connectivity index (χ0) is 14.8. The van der Waals surface area contributed by atoms with Crippen molar-refractivity contribution in [1.29, 1.82) is 5.26 Å². The second-order valence-electron chi connectivity index (χ2n) is 5.21. The van der Waals surface area contributed by atoms with Crippen LogP contribution in [0.25, 0.3) is 0 Å². The van der Waals surface area contributed by atoms with Gasteiger partial charge in [0.05, 0.1) is 11.6 Å². The van der Waals surface area contributed by atoms with Crippen LogP contribution in [0.4, 0.5) is 0 Å². The van der Waals surface area contributed by atoms with E-state index in [0.29, 0.717) is 5.56 Å². The summed E-state index contributed by atoms with van der Waals surface area (Å²) in [6, 6.07) is 9.45. The molecule has 0 N–H and O–H groups in total. The molecular formula is C18H25NO. The van der Waals surface area contributed by atoms with Crippen LogP contribution in [0.15, 0.2) is 36.9 Å². The molecule has 108 valence electrons. The Hall–Kier alpha value is -1.75. The van der Waals surface area contributed by atoms with Crippen molar-refractivity contribution in [2.75, 3.05) is 0 Å². The Bertz CT molecular complexity index is 433. The molecule has 0 aromatic heterocycles. The highest BCUT2D eigenvalue weighted by Crippen LogP contribution is 2.29. The molecule has 2 nitrogen and oxygen atoms in total. The lowest BCUT2D eigenvalue weighted by Crippen LogP contribution is -2.33. The number of ether oxygens (including phenoxy) is 1. The SMILES string of the molecule is C=CC(CCCC)(CCCC)Oc1ccc(C#N)cc1. The third-order valence-corrected chi connectivity index (χ3v) is 3.58. The molecule has 0 saturated carbocycles. The molecule has 1 aromatic rings. The van der Waals surface area contributed by atoms with E-state index in [4.69, 9.17) is 10.00 Å². The molecule has 1 aromatic carbocycles. The summed E-state index contributed by atoms with van der Waals surface area (Å²) in [7, 11) is 0. The number of hydrogen-bond acceptors (Lipinski definition) is 2. The smallest absolute Gasteiger partial charge is 0.127 e. The summed E-state index contributed by atoms with van der Waals surface area (Å²) < 4.78 is 6.23. The maximum Gasteiger partial charge on any atom is 0.127 e. The first-order chi connectivity index (χ1) is 9.69. The number of rotatable bonds is 9. The minimum Gasteiger partial charge on any atom is -0.483 e. The molecule has 0 spiro atoms. The molecule has 1 rings (SSSR count). The lowest BCUT2D eigenvalue weighted by molar-refractivity contribution is 0.0950. The molecule has 0 amide bonds. The fourth-order valence-electron chi connectivity index (χ4n) is 2.26.